The number of nitro benzene ring substituents is 1. The fourth-order valence-electron chi connectivity index (χ4n) is 3.41. The van der Waals surface area contributed by atoms with Crippen LogP contribution in [0, 0.1) is 15.9 Å². The van der Waals surface area contributed by atoms with Crippen molar-refractivity contribution in [2.45, 2.75) is 32.4 Å². The van der Waals surface area contributed by atoms with E-state index in [1.54, 1.807) is 24.3 Å². The van der Waals surface area contributed by atoms with E-state index in [-0.39, 0.29) is 17.5 Å². The van der Waals surface area contributed by atoms with Crippen molar-refractivity contribution >= 4 is 17.3 Å². The fourth-order valence-corrected chi connectivity index (χ4v) is 3.41. The van der Waals surface area contributed by atoms with Crippen molar-refractivity contribution in [2.75, 3.05) is 24.5 Å². The molecule has 8 heteroatoms. The van der Waals surface area contributed by atoms with Gasteiger partial charge in [-0.05, 0) is 43.5 Å². The van der Waals surface area contributed by atoms with Crippen LogP contribution in [-0.4, -0.2) is 36.6 Å². The third-order valence-electron chi connectivity index (χ3n) is 4.89. The molecule has 0 radical (unpaired) electrons. The van der Waals surface area contributed by atoms with E-state index in [1.165, 1.54) is 12.1 Å². The molecule has 2 N–H and O–H groups in total. The Morgan fingerprint density at radius 2 is 2.00 bits per heavy atom. The minimum absolute atomic E-state index is 0.0698. The lowest BCUT2D eigenvalue weighted by molar-refractivity contribution is -0.384. The van der Waals surface area contributed by atoms with Crippen LogP contribution < -0.4 is 15.5 Å². The Kier molecular flexibility index (Phi) is 6.99. The number of non-ortho nitro benzene ring substituents is 1. The highest BCUT2D eigenvalue weighted by Gasteiger charge is 2.20. The predicted molar refractivity (Wildman–Crippen MR) is 113 cm³/mol. The van der Waals surface area contributed by atoms with Crippen LogP contribution in [-0.2, 0) is 6.54 Å². The summed E-state index contributed by atoms with van der Waals surface area (Å²) in [5.74, 6) is 0.480. The summed E-state index contributed by atoms with van der Waals surface area (Å²) < 4.78 is 13.4. The highest BCUT2D eigenvalue weighted by Crippen LogP contribution is 2.21. The van der Waals surface area contributed by atoms with E-state index in [9.17, 15) is 14.5 Å². The quantitative estimate of drug-likeness (QED) is 0.336. The van der Waals surface area contributed by atoms with Gasteiger partial charge in [0, 0.05) is 43.5 Å². The number of halogens is 1. The monoisotopic (exact) mass is 399 g/mol. The van der Waals surface area contributed by atoms with E-state index < -0.39 is 4.92 Å². The molecule has 1 saturated heterocycles. The topological polar surface area (TPSA) is 82.8 Å². The molecule has 0 aliphatic carbocycles. The van der Waals surface area contributed by atoms with E-state index in [1.807, 2.05) is 19.1 Å². The molecule has 1 heterocycles. The third-order valence-corrected chi connectivity index (χ3v) is 4.89. The van der Waals surface area contributed by atoms with Crippen LogP contribution in [0.25, 0.3) is 0 Å². The summed E-state index contributed by atoms with van der Waals surface area (Å²) in [7, 11) is 0. The van der Waals surface area contributed by atoms with Crippen LogP contribution in [0.15, 0.2) is 53.5 Å². The van der Waals surface area contributed by atoms with Crippen molar-refractivity contribution in [1.29, 1.82) is 0 Å². The first-order chi connectivity index (χ1) is 14.0. The van der Waals surface area contributed by atoms with Crippen molar-refractivity contribution in [3.05, 3.63) is 70.0 Å². The number of hydrogen-bond donors (Lipinski definition) is 2. The summed E-state index contributed by atoms with van der Waals surface area (Å²) in [6, 6.07) is 13.5. The normalized spacial score (nSPS) is 15.2. The Balaban J connectivity index is 1.57. The van der Waals surface area contributed by atoms with Gasteiger partial charge in [0.15, 0.2) is 5.96 Å². The van der Waals surface area contributed by atoms with Gasteiger partial charge in [0.25, 0.3) is 5.69 Å². The summed E-state index contributed by atoms with van der Waals surface area (Å²) in [6.07, 6.45) is 1.83. The number of hydrogen-bond acceptors (Lipinski definition) is 4. The summed E-state index contributed by atoms with van der Waals surface area (Å²) in [6.45, 7) is 4.76. The van der Waals surface area contributed by atoms with E-state index in [0.717, 1.165) is 43.7 Å². The molecule has 0 atom stereocenters. The van der Waals surface area contributed by atoms with Gasteiger partial charge in [-0.3, -0.25) is 10.1 Å². The molecule has 3 rings (SSSR count). The lowest BCUT2D eigenvalue weighted by Gasteiger charge is -2.34. The smallest absolute Gasteiger partial charge is 0.269 e. The number of rotatable bonds is 6. The van der Waals surface area contributed by atoms with Crippen molar-refractivity contribution in [2.24, 2.45) is 4.99 Å². The Morgan fingerprint density at radius 3 is 2.69 bits per heavy atom. The van der Waals surface area contributed by atoms with E-state index in [2.05, 4.69) is 20.5 Å². The minimum atomic E-state index is -0.400. The van der Waals surface area contributed by atoms with E-state index in [0.29, 0.717) is 12.5 Å². The zero-order valence-corrected chi connectivity index (χ0v) is 16.5. The van der Waals surface area contributed by atoms with Gasteiger partial charge in [-0.25, -0.2) is 9.38 Å². The number of aliphatic imine (C=N–C) groups is 1. The van der Waals surface area contributed by atoms with Gasteiger partial charge in [-0.15, -0.1) is 0 Å². The van der Waals surface area contributed by atoms with Crippen LogP contribution in [0.2, 0.25) is 0 Å². The van der Waals surface area contributed by atoms with Gasteiger partial charge in [-0.2, -0.15) is 0 Å². The molecule has 2 aromatic carbocycles. The minimum Gasteiger partial charge on any atom is -0.371 e. The molecule has 154 valence electrons. The Morgan fingerprint density at radius 1 is 1.24 bits per heavy atom. The molecule has 1 aliphatic rings. The zero-order valence-electron chi connectivity index (χ0n) is 16.5. The average molecular weight is 399 g/mol. The van der Waals surface area contributed by atoms with Gasteiger partial charge in [0.2, 0.25) is 0 Å². The first-order valence-electron chi connectivity index (χ1n) is 9.84. The Labute approximate surface area is 169 Å². The summed E-state index contributed by atoms with van der Waals surface area (Å²) in [5.41, 5.74) is 1.77. The summed E-state index contributed by atoms with van der Waals surface area (Å²) >= 11 is 0. The average Bonchev–Trinajstić information content (AvgIpc) is 2.73. The molecule has 0 amide bonds. The Bertz CT molecular complexity index is 866. The molecule has 7 nitrogen and oxygen atoms in total. The largest absolute Gasteiger partial charge is 0.371 e. The first-order valence-corrected chi connectivity index (χ1v) is 9.84. The van der Waals surface area contributed by atoms with Crippen molar-refractivity contribution in [3.8, 4) is 0 Å². The molecular formula is C21H26FN5O2. The van der Waals surface area contributed by atoms with E-state index >= 15 is 0 Å². The molecule has 2 aromatic rings. The van der Waals surface area contributed by atoms with Crippen molar-refractivity contribution in [3.63, 3.8) is 0 Å². The number of nitrogens with one attached hydrogen (secondary N) is 2. The van der Waals surface area contributed by atoms with Crippen molar-refractivity contribution < 1.29 is 9.31 Å². The molecule has 29 heavy (non-hydrogen) atoms. The highest BCUT2D eigenvalue weighted by molar-refractivity contribution is 5.80. The lowest BCUT2D eigenvalue weighted by atomic mass is 10.0. The number of nitrogens with zero attached hydrogens (tertiary/aromatic N) is 3. The van der Waals surface area contributed by atoms with E-state index in [4.69, 9.17) is 0 Å². The van der Waals surface area contributed by atoms with Crippen LogP contribution in [0.1, 0.15) is 25.3 Å². The first kappa shape index (κ1) is 20.6. The maximum absolute atomic E-state index is 13.4. The van der Waals surface area contributed by atoms with Gasteiger partial charge >= 0.3 is 0 Å². The number of piperidine rings is 1. The highest BCUT2D eigenvalue weighted by atomic mass is 19.1. The predicted octanol–water partition coefficient (Wildman–Crippen LogP) is 3.46. The second-order valence-electron chi connectivity index (χ2n) is 7.01. The third kappa shape index (κ3) is 5.91. The molecule has 1 fully saturated rings. The van der Waals surface area contributed by atoms with Crippen LogP contribution >= 0.6 is 0 Å². The summed E-state index contributed by atoms with van der Waals surface area (Å²) in [4.78, 5) is 17.3. The lowest BCUT2D eigenvalue weighted by Crippen LogP contribution is -2.48. The van der Waals surface area contributed by atoms with Gasteiger partial charge < -0.3 is 15.5 Å². The van der Waals surface area contributed by atoms with Crippen LogP contribution in [0.4, 0.5) is 15.8 Å². The number of guanidine groups is 1. The molecule has 0 bridgehead atoms. The zero-order chi connectivity index (χ0) is 20.6. The second kappa shape index (κ2) is 9.86. The summed E-state index contributed by atoms with van der Waals surface area (Å²) in [5, 5.41) is 17.6. The van der Waals surface area contributed by atoms with Crippen LogP contribution in [0.3, 0.4) is 0 Å². The van der Waals surface area contributed by atoms with Crippen molar-refractivity contribution in [1.82, 2.24) is 10.6 Å². The SMILES string of the molecule is CCNC(=NCc1cccc([N+](=O)[O-])c1)NC1CCN(c2cccc(F)c2)CC1. The van der Waals surface area contributed by atoms with Crippen LogP contribution in [0.5, 0.6) is 0 Å². The maximum atomic E-state index is 13.4. The number of nitro groups is 1. The van der Waals surface area contributed by atoms with Gasteiger partial charge in [-0.1, -0.05) is 18.2 Å². The molecule has 1 aliphatic heterocycles. The molecule has 0 unspecified atom stereocenters. The molecule has 0 saturated carbocycles. The number of anilines is 1. The molecule has 0 aromatic heterocycles. The maximum Gasteiger partial charge on any atom is 0.269 e. The van der Waals surface area contributed by atoms with Gasteiger partial charge in [0.1, 0.15) is 5.82 Å². The fraction of sp³-hybridized carbons (Fsp3) is 0.381. The molecule has 0 spiro atoms. The van der Waals surface area contributed by atoms with Gasteiger partial charge in [0.05, 0.1) is 11.5 Å². The number of benzene rings is 2. The molecular weight excluding hydrogens is 373 g/mol. The second-order valence-corrected chi connectivity index (χ2v) is 7.01. The Hall–Kier alpha value is -3.16. The standard InChI is InChI=1S/C21H26FN5O2/c1-2-23-21(24-15-16-5-3-8-20(13-16)27(28)29)25-18-9-11-26(12-10-18)19-7-4-6-17(22)14-19/h3-8,13-14,18H,2,9-12,15H2,1H3,(H2,23,24,25).